The third-order valence-electron chi connectivity index (χ3n) is 2.66. The number of hydrazone groups is 1. The van der Waals surface area contributed by atoms with E-state index in [2.05, 4.69) is 15.3 Å². The normalized spacial score (nSPS) is 13.8. The summed E-state index contributed by atoms with van der Waals surface area (Å²) in [5.74, 6) is -0.735. The molecule has 2 rings (SSSR count). The van der Waals surface area contributed by atoms with E-state index in [-0.39, 0.29) is 25.0 Å². The molecule has 1 heterocycles. The van der Waals surface area contributed by atoms with Crippen molar-refractivity contribution in [1.29, 1.82) is 0 Å². The van der Waals surface area contributed by atoms with Crippen molar-refractivity contribution in [1.82, 2.24) is 10.3 Å². The zero-order chi connectivity index (χ0) is 14.5. The van der Waals surface area contributed by atoms with E-state index in [1.165, 1.54) is 6.21 Å². The summed E-state index contributed by atoms with van der Waals surface area (Å²) in [6, 6.07) is 6.60. The van der Waals surface area contributed by atoms with Crippen molar-refractivity contribution in [2.24, 2.45) is 5.10 Å². The quantitative estimate of drug-likeness (QED) is 0.504. The molecule has 7 heteroatoms. The molecule has 0 bridgehead atoms. The first-order valence-electron chi connectivity index (χ1n) is 6.04. The molecule has 0 fully saturated rings. The summed E-state index contributed by atoms with van der Waals surface area (Å²) >= 11 is 0. The zero-order valence-electron chi connectivity index (χ0n) is 10.8. The van der Waals surface area contributed by atoms with E-state index in [1.54, 1.807) is 31.2 Å². The monoisotopic (exact) mass is 275 g/mol. The molecular weight excluding hydrogens is 262 g/mol. The van der Waals surface area contributed by atoms with Crippen LogP contribution in [0, 0.1) is 0 Å². The van der Waals surface area contributed by atoms with Crippen molar-refractivity contribution >= 4 is 24.1 Å². The second-order valence-electron chi connectivity index (χ2n) is 3.91. The first-order valence-corrected chi connectivity index (χ1v) is 6.04. The summed E-state index contributed by atoms with van der Waals surface area (Å²) in [6.45, 7) is 1.89. The van der Waals surface area contributed by atoms with Gasteiger partial charge in [-0.3, -0.25) is 14.5 Å². The lowest BCUT2D eigenvalue weighted by molar-refractivity contribution is 0.0679. The fraction of sp³-hybridized carbons (Fsp3) is 0.231. The van der Waals surface area contributed by atoms with Gasteiger partial charge in [0, 0.05) is 6.21 Å². The smallest absolute Gasteiger partial charge is 0.427 e. The molecule has 0 saturated heterocycles. The fourth-order valence-electron chi connectivity index (χ4n) is 1.79. The lowest BCUT2D eigenvalue weighted by Crippen LogP contribution is -2.32. The third kappa shape index (κ3) is 2.66. The number of amides is 3. The number of nitrogens with one attached hydrogen (secondary N) is 1. The minimum Gasteiger partial charge on any atom is -0.449 e. The van der Waals surface area contributed by atoms with E-state index in [0.29, 0.717) is 11.1 Å². The molecule has 1 aliphatic rings. The summed E-state index contributed by atoms with van der Waals surface area (Å²) < 4.78 is 4.60. The Morgan fingerprint density at radius 2 is 1.90 bits per heavy atom. The van der Waals surface area contributed by atoms with Crippen molar-refractivity contribution in [3.05, 3.63) is 35.4 Å². The van der Waals surface area contributed by atoms with E-state index < -0.39 is 6.09 Å². The van der Waals surface area contributed by atoms with Crippen LogP contribution in [-0.2, 0) is 4.74 Å². The highest BCUT2D eigenvalue weighted by Gasteiger charge is 2.34. The Labute approximate surface area is 115 Å². The van der Waals surface area contributed by atoms with Crippen molar-refractivity contribution in [2.75, 3.05) is 13.2 Å². The number of fused-ring (bicyclic) bond motifs is 1. The van der Waals surface area contributed by atoms with Gasteiger partial charge in [0.2, 0.25) is 0 Å². The van der Waals surface area contributed by atoms with Crippen LogP contribution in [0.4, 0.5) is 4.79 Å². The van der Waals surface area contributed by atoms with E-state index in [4.69, 9.17) is 0 Å². The predicted octanol–water partition coefficient (Wildman–Crippen LogP) is 1.01. The largest absolute Gasteiger partial charge is 0.449 e. The van der Waals surface area contributed by atoms with Gasteiger partial charge in [-0.2, -0.15) is 5.10 Å². The van der Waals surface area contributed by atoms with E-state index >= 15 is 0 Å². The van der Waals surface area contributed by atoms with E-state index in [9.17, 15) is 14.4 Å². The molecule has 7 nitrogen and oxygen atoms in total. The Hall–Kier alpha value is -2.70. The van der Waals surface area contributed by atoms with Gasteiger partial charge in [0.1, 0.15) is 0 Å². The van der Waals surface area contributed by atoms with Crippen LogP contribution in [0.25, 0.3) is 0 Å². The van der Waals surface area contributed by atoms with Gasteiger partial charge in [0.15, 0.2) is 0 Å². The van der Waals surface area contributed by atoms with E-state index in [0.717, 1.165) is 4.90 Å². The minimum absolute atomic E-state index is 0.0151. The lowest BCUT2D eigenvalue weighted by Gasteiger charge is -2.09. The number of benzene rings is 1. The van der Waals surface area contributed by atoms with Crippen LogP contribution < -0.4 is 5.43 Å². The molecule has 0 aromatic heterocycles. The Balaban J connectivity index is 1.96. The molecule has 1 aromatic rings. The molecule has 0 aliphatic carbocycles. The highest BCUT2D eigenvalue weighted by molar-refractivity contribution is 6.22. The third-order valence-corrected chi connectivity index (χ3v) is 2.66. The van der Waals surface area contributed by atoms with Crippen LogP contribution in [0.3, 0.4) is 0 Å². The highest BCUT2D eigenvalue weighted by atomic mass is 16.5. The SMILES string of the molecule is CCOC(=O)N/N=C\CN1C(=O)c2ccccc2C1=O. The maximum Gasteiger partial charge on any atom is 0.427 e. The Kier molecular flexibility index (Phi) is 4.09. The van der Waals surface area contributed by atoms with Gasteiger partial charge in [0.25, 0.3) is 11.8 Å². The number of hydrogen-bond acceptors (Lipinski definition) is 5. The van der Waals surface area contributed by atoms with Crippen LogP contribution in [0.5, 0.6) is 0 Å². The lowest BCUT2D eigenvalue weighted by atomic mass is 10.1. The summed E-state index contributed by atoms with van der Waals surface area (Å²) in [5, 5.41) is 3.59. The van der Waals surface area contributed by atoms with Gasteiger partial charge in [0.05, 0.1) is 24.3 Å². The summed E-state index contributed by atoms with van der Waals surface area (Å²) in [6.07, 6.45) is 0.574. The molecular formula is C13H13N3O4. The van der Waals surface area contributed by atoms with Gasteiger partial charge >= 0.3 is 6.09 Å². The second kappa shape index (κ2) is 5.96. The number of ether oxygens (including phenoxy) is 1. The summed E-state index contributed by atoms with van der Waals surface area (Å²) in [4.78, 5) is 35.9. The van der Waals surface area contributed by atoms with Crippen LogP contribution in [0.2, 0.25) is 0 Å². The van der Waals surface area contributed by atoms with Gasteiger partial charge in [-0.15, -0.1) is 0 Å². The van der Waals surface area contributed by atoms with E-state index in [1.807, 2.05) is 0 Å². The topological polar surface area (TPSA) is 88.1 Å². The molecule has 1 N–H and O–H groups in total. The minimum atomic E-state index is -0.689. The van der Waals surface area contributed by atoms with Crippen LogP contribution in [-0.4, -0.2) is 42.2 Å². The molecule has 3 amide bonds. The standard InChI is InChI=1S/C13H13N3O4/c1-2-20-13(19)15-14-7-8-16-11(17)9-5-3-4-6-10(9)12(16)18/h3-7H,2,8H2,1H3,(H,15,19)/b14-7-. The van der Waals surface area contributed by atoms with Crippen LogP contribution in [0.1, 0.15) is 27.6 Å². The Bertz CT molecular complexity index is 548. The maximum atomic E-state index is 12.0. The number of carbonyl (C=O) groups is 3. The molecule has 0 unspecified atom stereocenters. The zero-order valence-corrected chi connectivity index (χ0v) is 10.8. The molecule has 104 valence electrons. The van der Waals surface area contributed by atoms with Gasteiger partial charge in [-0.25, -0.2) is 10.2 Å². The predicted molar refractivity (Wildman–Crippen MR) is 70.5 cm³/mol. The molecule has 0 radical (unpaired) electrons. The molecule has 0 spiro atoms. The molecule has 0 atom stereocenters. The number of rotatable bonds is 4. The van der Waals surface area contributed by atoms with Crippen molar-refractivity contribution in [2.45, 2.75) is 6.92 Å². The Morgan fingerprint density at radius 1 is 1.30 bits per heavy atom. The molecule has 1 aliphatic heterocycles. The summed E-state index contributed by atoms with van der Waals surface area (Å²) in [7, 11) is 0. The van der Waals surface area contributed by atoms with Crippen molar-refractivity contribution in [3.8, 4) is 0 Å². The average Bonchev–Trinajstić information content (AvgIpc) is 2.69. The van der Waals surface area contributed by atoms with Crippen LogP contribution in [0.15, 0.2) is 29.4 Å². The number of imide groups is 1. The number of nitrogens with zero attached hydrogens (tertiary/aromatic N) is 2. The first kappa shape index (κ1) is 13.7. The maximum absolute atomic E-state index is 12.0. The van der Waals surface area contributed by atoms with Crippen molar-refractivity contribution < 1.29 is 19.1 Å². The number of hydrogen-bond donors (Lipinski definition) is 1. The Morgan fingerprint density at radius 3 is 2.45 bits per heavy atom. The fourth-order valence-corrected chi connectivity index (χ4v) is 1.79. The van der Waals surface area contributed by atoms with Crippen LogP contribution >= 0.6 is 0 Å². The van der Waals surface area contributed by atoms with Gasteiger partial charge < -0.3 is 4.74 Å². The van der Waals surface area contributed by atoms with Gasteiger partial charge in [-0.1, -0.05) is 12.1 Å². The van der Waals surface area contributed by atoms with Gasteiger partial charge in [-0.05, 0) is 19.1 Å². The molecule has 0 saturated carbocycles. The second-order valence-corrected chi connectivity index (χ2v) is 3.91. The highest BCUT2D eigenvalue weighted by Crippen LogP contribution is 2.21. The average molecular weight is 275 g/mol. The molecule has 20 heavy (non-hydrogen) atoms. The molecule has 1 aromatic carbocycles. The first-order chi connectivity index (χ1) is 9.65. The number of carbonyl (C=O) groups excluding carboxylic acids is 3. The van der Waals surface area contributed by atoms with Crippen molar-refractivity contribution in [3.63, 3.8) is 0 Å². The summed E-state index contributed by atoms with van der Waals surface area (Å²) in [5.41, 5.74) is 2.88.